The van der Waals surface area contributed by atoms with E-state index < -0.39 is 12.0 Å². The van der Waals surface area contributed by atoms with Gasteiger partial charge in [-0.2, -0.15) is 0 Å². The zero-order valence-electron chi connectivity index (χ0n) is 14.6. The molecule has 1 unspecified atom stereocenters. The number of aromatic nitrogens is 2. The maximum Gasteiger partial charge on any atom is 0.338 e. The summed E-state index contributed by atoms with van der Waals surface area (Å²) < 4.78 is 26.5. The number of anilines is 1. The summed E-state index contributed by atoms with van der Waals surface area (Å²) in [6, 6.07) is 7.38. The van der Waals surface area contributed by atoms with Crippen LogP contribution in [0.4, 0.5) is 10.3 Å². The standard InChI is InChI=1S/C19H18FN3O3/c1-10(2)26-18(24)16-11(3)21-19-22-13-9-12(20)6-7-14(13)23(19)17(16)15-5-4-8-25-15/h4-10,17H,1-3H3,(H,21,22). The number of fused-ring (bicyclic) bond motifs is 3. The van der Waals surface area contributed by atoms with Crippen LogP contribution in [-0.2, 0) is 9.53 Å². The number of benzene rings is 1. The molecule has 0 spiro atoms. The Morgan fingerprint density at radius 2 is 2.19 bits per heavy atom. The number of nitrogens with zero attached hydrogens (tertiary/aromatic N) is 2. The molecule has 6 nitrogen and oxygen atoms in total. The van der Waals surface area contributed by atoms with E-state index in [1.54, 1.807) is 45.2 Å². The number of rotatable bonds is 3. The van der Waals surface area contributed by atoms with Crippen LogP contribution in [0.3, 0.4) is 0 Å². The number of esters is 1. The molecule has 3 heterocycles. The number of carbonyl (C=O) groups is 1. The van der Waals surface area contributed by atoms with E-state index >= 15 is 0 Å². The second kappa shape index (κ2) is 6.01. The number of ether oxygens (including phenoxy) is 1. The average Bonchev–Trinajstić information content (AvgIpc) is 3.19. The lowest BCUT2D eigenvalue weighted by Crippen LogP contribution is -2.29. The van der Waals surface area contributed by atoms with Crippen molar-refractivity contribution < 1.29 is 18.3 Å². The summed E-state index contributed by atoms with van der Waals surface area (Å²) >= 11 is 0. The van der Waals surface area contributed by atoms with Crippen molar-refractivity contribution in [3.8, 4) is 0 Å². The quantitative estimate of drug-likeness (QED) is 0.719. The Morgan fingerprint density at radius 1 is 1.38 bits per heavy atom. The van der Waals surface area contributed by atoms with Crippen LogP contribution in [0.5, 0.6) is 0 Å². The lowest BCUT2D eigenvalue weighted by molar-refractivity contribution is -0.143. The van der Waals surface area contributed by atoms with E-state index in [-0.39, 0.29) is 11.9 Å². The molecule has 3 aromatic rings. The zero-order chi connectivity index (χ0) is 18.4. The molecule has 0 fully saturated rings. The van der Waals surface area contributed by atoms with Gasteiger partial charge in [-0.15, -0.1) is 0 Å². The maximum atomic E-state index is 13.6. The van der Waals surface area contributed by atoms with Crippen molar-refractivity contribution in [3.05, 3.63) is 59.4 Å². The second-order valence-electron chi connectivity index (χ2n) is 6.47. The molecule has 1 aliphatic heterocycles. The van der Waals surface area contributed by atoms with Gasteiger partial charge >= 0.3 is 5.97 Å². The molecule has 1 N–H and O–H groups in total. The molecule has 1 aromatic carbocycles. The van der Waals surface area contributed by atoms with E-state index in [2.05, 4.69) is 10.3 Å². The minimum absolute atomic E-state index is 0.255. The van der Waals surface area contributed by atoms with Gasteiger partial charge in [0.05, 0.1) is 29.0 Å². The largest absolute Gasteiger partial charge is 0.467 e. The minimum atomic E-state index is -0.553. The van der Waals surface area contributed by atoms with Gasteiger partial charge in [-0.05, 0) is 45.0 Å². The Labute approximate surface area is 149 Å². The van der Waals surface area contributed by atoms with Gasteiger partial charge in [0.1, 0.15) is 17.6 Å². The predicted octanol–water partition coefficient (Wildman–Crippen LogP) is 4.01. The van der Waals surface area contributed by atoms with Gasteiger partial charge in [0.25, 0.3) is 0 Å². The highest BCUT2D eigenvalue weighted by Gasteiger charge is 2.36. The minimum Gasteiger partial charge on any atom is -0.467 e. The van der Waals surface area contributed by atoms with Crippen molar-refractivity contribution in [2.45, 2.75) is 32.9 Å². The van der Waals surface area contributed by atoms with Gasteiger partial charge in [0.2, 0.25) is 5.95 Å². The molecule has 0 saturated heterocycles. The number of imidazole rings is 1. The lowest BCUT2D eigenvalue weighted by atomic mass is 10.00. The number of allylic oxidation sites excluding steroid dienone is 1. The summed E-state index contributed by atoms with van der Waals surface area (Å²) in [7, 11) is 0. The first-order chi connectivity index (χ1) is 12.5. The predicted molar refractivity (Wildman–Crippen MR) is 94.1 cm³/mol. The van der Waals surface area contributed by atoms with Crippen molar-refractivity contribution >= 4 is 23.0 Å². The summed E-state index contributed by atoms with van der Waals surface area (Å²) in [5, 5.41) is 3.13. The number of halogens is 1. The van der Waals surface area contributed by atoms with Crippen LogP contribution >= 0.6 is 0 Å². The average molecular weight is 355 g/mol. The second-order valence-corrected chi connectivity index (χ2v) is 6.47. The van der Waals surface area contributed by atoms with Crippen LogP contribution in [0.25, 0.3) is 11.0 Å². The van der Waals surface area contributed by atoms with Gasteiger partial charge in [0, 0.05) is 11.8 Å². The fraction of sp³-hybridized carbons (Fsp3) is 0.263. The topological polar surface area (TPSA) is 69.3 Å². The van der Waals surface area contributed by atoms with Crippen molar-refractivity contribution in [1.82, 2.24) is 9.55 Å². The Bertz CT molecular complexity index is 1020. The highest BCUT2D eigenvalue weighted by molar-refractivity contribution is 5.94. The van der Waals surface area contributed by atoms with E-state index in [1.807, 2.05) is 4.57 Å². The molecule has 1 atom stereocenters. The number of hydrogen-bond acceptors (Lipinski definition) is 5. The van der Waals surface area contributed by atoms with Crippen LogP contribution in [-0.4, -0.2) is 21.6 Å². The van der Waals surface area contributed by atoms with Gasteiger partial charge in [-0.3, -0.25) is 4.57 Å². The third-order valence-electron chi connectivity index (χ3n) is 4.26. The van der Waals surface area contributed by atoms with Crippen LogP contribution in [0.2, 0.25) is 0 Å². The smallest absolute Gasteiger partial charge is 0.338 e. The molecular formula is C19H18FN3O3. The molecule has 4 rings (SSSR count). The first-order valence-electron chi connectivity index (χ1n) is 8.35. The SMILES string of the molecule is CC1=C(C(=O)OC(C)C)C(c2ccco2)n2c(nc3cc(F)ccc32)N1. The van der Waals surface area contributed by atoms with Gasteiger partial charge < -0.3 is 14.5 Å². The highest BCUT2D eigenvalue weighted by atomic mass is 19.1. The molecule has 0 aliphatic carbocycles. The fourth-order valence-electron chi connectivity index (χ4n) is 3.25. The summed E-state index contributed by atoms with van der Waals surface area (Å²) in [4.78, 5) is 17.3. The Balaban J connectivity index is 1.94. The third-order valence-corrected chi connectivity index (χ3v) is 4.26. The van der Waals surface area contributed by atoms with Crippen molar-refractivity contribution in [1.29, 1.82) is 0 Å². The van der Waals surface area contributed by atoms with E-state index in [4.69, 9.17) is 9.15 Å². The first kappa shape index (κ1) is 16.4. The molecule has 0 amide bonds. The monoisotopic (exact) mass is 355 g/mol. The third kappa shape index (κ3) is 2.56. The van der Waals surface area contributed by atoms with Gasteiger partial charge in [-0.1, -0.05) is 0 Å². The molecule has 1 aliphatic rings. The number of furan rings is 1. The number of hydrogen-bond donors (Lipinski definition) is 1. The van der Waals surface area contributed by atoms with Crippen LogP contribution in [0, 0.1) is 5.82 Å². The summed E-state index contributed by atoms with van der Waals surface area (Å²) in [6.07, 6.45) is 1.30. The molecule has 134 valence electrons. The fourth-order valence-corrected chi connectivity index (χ4v) is 3.25. The van der Waals surface area contributed by atoms with Crippen LogP contribution in [0.1, 0.15) is 32.6 Å². The molecule has 0 bridgehead atoms. The highest BCUT2D eigenvalue weighted by Crippen LogP contribution is 2.39. The molecule has 26 heavy (non-hydrogen) atoms. The van der Waals surface area contributed by atoms with Crippen molar-refractivity contribution in [2.24, 2.45) is 0 Å². The molecule has 0 saturated carbocycles. The molecular weight excluding hydrogens is 337 g/mol. The Morgan fingerprint density at radius 3 is 2.88 bits per heavy atom. The summed E-state index contributed by atoms with van der Waals surface area (Å²) in [5.74, 6) is 0.296. The van der Waals surface area contributed by atoms with E-state index in [9.17, 15) is 9.18 Å². The Kier molecular flexibility index (Phi) is 3.79. The van der Waals surface area contributed by atoms with Crippen LogP contribution in [0.15, 0.2) is 52.3 Å². The van der Waals surface area contributed by atoms with Crippen LogP contribution < -0.4 is 5.32 Å². The maximum absolute atomic E-state index is 13.6. The van der Waals surface area contributed by atoms with Crippen molar-refractivity contribution in [3.63, 3.8) is 0 Å². The summed E-state index contributed by atoms with van der Waals surface area (Å²) in [6.45, 7) is 5.38. The zero-order valence-corrected chi connectivity index (χ0v) is 14.6. The van der Waals surface area contributed by atoms with Gasteiger partial charge in [-0.25, -0.2) is 14.2 Å². The Hall–Kier alpha value is -3.09. The molecule has 2 aromatic heterocycles. The van der Waals surface area contributed by atoms with E-state index in [0.29, 0.717) is 34.0 Å². The first-order valence-corrected chi connectivity index (χ1v) is 8.35. The number of carbonyl (C=O) groups excluding carboxylic acids is 1. The number of nitrogens with one attached hydrogen (secondary N) is 1. The van der Waals surface area contributed by atoms with E-state index in [0.717, 1.165) is 0 Å². The van der Waals surface area contributed by atoms with E-state index in [1.165, 1.54) is 12.1 Å². The molecule has 0 radical (unpaired) electrons. The lowest BCUT2D eigenvalue weighted by Gasteiger charge is -2.29. The molecule has 7 heteroatoms. The summed E-state index contributed by atoms with van der Waals surface area (Å²) in [5.41, 5.74) is 2.25. The normalized spacial score (nSPS) is 16.7. The van der Waals surface area contributed by atoms with Gasteiger partial charge in [0.15, 0.2) is 0 Å². The van der Waals surface area contributed by atoms with Crippen molar-refractivity contribution in [2.75, 3.05) is 5.32 Å².